The summed E-state index contributed by atoms with van der Waals surface area (Å²) in [6.07, 6.45) is 0. The van der Waals surface area contributed by atoms with Crippen LogP contribution in [-0.2, 0) is 9.53 Å². The second-order valence-electron chi connectivity index (χ2n) is 5.21. The number of benzene rings is 1. The lowest BCUT2D eigenvalue weighted by atomic mass is 10.2. The van der Waals surface area contributed by atoms with Crippen LogP contribution in [0.15, 0.2) is 28.7 Å². The average molecular weight is 332 g/mol. The number of non-ortho nitro benzene ring substituents is 1. The van der Waals surface area contributed by atoms with E-state index in [0.717, 1.165) is 0 Å². The second-order valence-corrected chi connectivity index (χ2v) is 5.21. The van der Waals surface area contributed by atoms with Gasteiger partial charge >= 0.3 is 5.97 Å². The number of nitrogens with one attached hydrogen (secondary N) is 1. The van der Waals surface area contributed by atoms with Crippen LogP contribution in [0.25, 0.3) is 0 Å². The molecule has 0 saturated carbocycles. The third-order valence-electron chi connectivity index (χ3n) is 3.29. The molecular formula is C16H16N2O6. The zero-order chi connectivity index (χ0) is 17.9. The van der Waals surface area contributed by atoms with E-state index < -0.39 is 23.4 Å². The van der Waals surface area contributed by atoms with Gasteiger partial charge in [0.1, 0.15) is 17.1 Å². The lowest BCUT2D eigenvalue weighted by molar-refractivity contribution is -0.384. The predicted octanol–water partition coefficient (Wildman–Crippen LogP) is 2.91. The third-order valence-corrected chi connectivity index (χ3v) is 3.29. The fraction of sp³-hybridized carbons (Fsp3) is 0.250. The number of carbonyl (C=O) groups is 2. The molecular weight excluding hydrogens is 316 g/mol. The van der Waals surface area contributed by atoms with Gasteiger partial charge in [0.15, 0.2) is 6.61 Å². The minimum absolute atomic E-state index is 0.0669. The number of hydrogen-bond acceptors (Lipinski definition) is 6. The van der Waals surface area contributed by atoms with Gasteiger partial charge in [-0.15, -0.1) is 0 Å². The van der Waals surface area contributed by atoms with E-state index in [1.807, 2.05) is 0 Å². The standard InChI is InChI=1S/C16H16N2O6/c1-9-6-12(18(21)22)4-5-14(9)17-15(19)8-23-16(20)13-7-10(2)24-11(13)3/h4-7H,8H2,1-3H3,(H,17,19). The summed E-state index contributed by atoms with van der Waals surface area (Å²) in [6, 6.07) is 5.60. The van der Waals surface area contributed by atoms with Gasteiger partial charge in [-0.2, -0.15) is 0 Å². The molecule has 24 heavy (non-hydrogen) atoms. The van der Waals surface area contributed by atoms with Crippen LogP contribution in [-0.4, -0.2) is 23.4 Å². The Labute approximate surface area is 137 Å². The molecule has 8 heteroatoms. The Morgan fingerprint density at radius 1 is 1.25 bits per heavy atom. The first-order valence-corrected chi connectivity index (χ1v) is 7.07. The van der Waals surface area contributed by atoms with E-state index in [0.29, 0.717) is 22.8 Å². The second kappa shape index (κ2) is 6.95. The third kappa shape index (κ3) is 3.97. The molecule has 0 bridgehead atoms. The van der Waals surface area contributed by atoms with Crippen LogP contribution in [0.2, 0.25) is 0 Å². The van der Waals surface area contributed by atoms with Gasteiger partial charge in [-0.1, -0.05) is 0 Å². The summed E-state index contributed by atoms with van der Waals surface area (Å²) in [5.74, 6) is -0.201. The summed E-state index contributed by atoms with van der Waals surface area (Å²) in [7, 11) is 0. The van der Waals surface area contributed by atoms with Crippen LogP contribution in [0.3, 0.4) is 0 Å². The first kappa shape index (κ1) is 17.2. The number of esters is 1. The SMILES string of the molecule is Cc1cc(C(=O)OCC(=O)Nc2ccc([N+](=O)[O-])cc2C)c(C)o1. The maximum atomic E-state index is 11.9. The van der Waals surface area contributed by atoms with Crippen LogP contribution in [0.5, 0.6) is 0 Å². The first-order valence-electron chi connectivity index (χ1n) is 7.07. The van der Waals surface area contributed by atoms with Gasteiger partial charge in [0.05, 0.1) is 4.92 Å². The zero-order valence-electron chi connectivity index (χ0n) is 13.4. The molecule has 0 atom stereocenters. The number of anilines is 1. The van der Waals surface area contributed by atoms with Gasteiger partial charge < -0.3 is 14.5 Å². The number of carbonyl (C=O) groups excluding carboxylic acids is 2. The number of amides is 1. The maximum Gasteiger partial charge on any atom is 0.342 e. The van der Waals surface area contributed by atoms with Gasteiger partial charge in [-0.05, 0) is 38.5 Å². The monoisotopic (exact) mass is 332 g/mol. The van der Waals surface area contributed by atoms with Gasteiger partial charge in [0.25, 0.3) is 11.6 Å². The smallest absolute Gasteiger partial charge is 0.342 e. The van der Waals surface area contributed by atoms with E-state index in [1.54, 1.807) is 20.8 Å². The van der Waals surface area contributed by atoms with Crippen LogP contribution in [0.4, 0.5) is 11.4 Å². The highest BCUT2D eigenvalue weighted by molar-refractivity contribution is 5.96. The van der Waals surface area contributed by atoms with E-state index in [2.05, 4.69) is 5.32 Å². The van der Waals surface area contributed by atoms with Crippen molar-refractivity contribution < 1.29 is 23.7 Å². The van der Waals surface area contributed by atoms with Crippen LogP contribution >= 0.6 is 0 Å². The van der Waals surface area contributed by atoms with E-state index >= 15 is 0 Å². The number of nitrogens with zero attached hydrogens (tertiary/aromatic N) is 1. The lowest BCUT2D eigenvalue weighted by Gasteiger charge is -2.08. The zero-order valence-corrected chi connectivity index (χ0v) is 13.4. The predicted molar refractivity (Wildman–Crippen MR) is 84.9 cm³/mol. The molecule has 0 unspecified atom stereocenters. The minimum Gasteiger partial charge on any atom is -0.466 e. The molecule has 0 spiro atoms. The van der Waals surface area contributed by atoms with Crippen molar-refractivity contribution in [2.24, 2.45) is 0 Å². The summed E-state index contributed by atoms with van der Waals surface area (Å²) < 4.78 is 10.2. The molecule has 2 rings (SSSR count). The largest absolute Gasteiger partial charge is 0.466 e. The molecule has 126 valence electrons. The Balaban J connectivity index is 1.95. The van der Waals surface area contributed by atoms with Gasteiger partial charge in [-0.25, -0.2) is 4.79 Å². The average Bonchev–Trinajstić information content (AvgIpc) is 2.85. The molecule has 2 aromatic rings. The molecule has 1 amide bonds. The van der Waals surface area contributed by atoms with Crippen LogP contribution in [0.1, 0.15) is 27.4 Å². The van der Waals surface area contributed by atoms with E-state index in [1.165, 1.54) is 24.3 Å². The van der Waals surface area contributed by atoms with Crippen molar-refractivity contribution in [1.82, 2.24) is 0 Å². The van der Waals surface area contributed by atoms with Crippen molar-refractivity contribution in [3.05, 3.63) is 57.0 Å². The van der Waals surface area contributed by atoms with Crippen LogP contribution < -0.4 is 5.32 Å². The topological polar surface area (TPSA) is 112 Å². The van der Waals surface area contributed by atoms with Crippen molar-refractivity contribution >= 4 is 23.3 Å². The summed E-state index contributed by atoms with van der Waals surface area (Å²) in [4.78, 5) is 33.9. The Bertz CT molecular complexity index is 809. The molecule has 1 aromatic carbocycles. The number of nitro groups is 1. The molecule has 0 saturated heterocycles. The molecule has 0 aliphatic rings. The van der Waals surface area contributed by atoms with Crippen molar-refractivity contribution in [2.45, 2.75) is 20.8 Å². The van der Waals surface area contributed by atoms with E-state index in [9.17, 15) is 19.7 Å². The number of rotatable bonds is 5. The normalized spacial score (nSPS) is 10.3. The summed E-state index contributed by atoms with van der Waals surface area (Å²) in [6.45, 7) is 4.49. The quantitative estimate of drug-likeness (QED) is 0.512. The molecule has 1 aromatic heterocycles. The molecule has 8 nitrogen and oxygen atoms in total. The number of aryl methyl sites for hydroxylation is 3. The van der Waals surface area contributed by atoms with Crippen LogP contribution in [0, 0.1) is 30.9 Å². The highest BCUT2D eigenvalue weighted by atomic mass is 16.6. The van der Waals surface area contributed by atoms with E-state index in [4.69, 9.17) is 9.15 Å². The summed E-state index contributed by atoms with van der Waals surface area (Å²) >= 11 is 0. The molecule has 1 heterocycles. The lowest BCUT2D eigenvalue weighted by Crippen LogP contribution is -2.21. The first-order chi connectivity index (χ1) is 11.3. The fourth-order valence-corrected chi connectivity index (χ4v) is 2.13. The summed E-state index contributed by atoms with van der Waals surface area (Å²) in [5.41, 5.74) is 1.15. The molecule has 0 aliphatic carbocycles. The highest BCUT2D eigenvalue weighted by Gasteiger charge is 2.17. The van der Waals surface area contributed by atoms with Crippen molar-refractivity contribution in [2.75, 3.05) is 11.9 Å². The number of nitro benzene ring substituents is 1. The highest BCUT2D eigenvalue weighted by Crippen LogP contribution is 2.21. The number of furan rings is 1. The Morgan fingerprint density at radius 3 is 2.50 bits per heavy atom. The summed E-state index contributed by atoms with van der Waals surface area (Å²) in [5, 5.41) is 13.2. The fourth-order valence-electron chi connectivity index (χ4n) is 2.13. The van der Waals surface area contributed by atoms with Crippen molar-refractivity contribution in [3.63, 3.8) is 0 Å². The van der Waals surface area contributed by atoms with Gasteiger partial charge in [-0.3, -0.25) is 14.9 Å². The van der Waals surface area contributed by atoms with Gasteiger partial charge in [0, 0.05) is 17.8 Å². The van der Waals surface area contributed by atoms with Crippen molar-refractivity contribution in [1.29, 1.82) is 0 Å². The molecule has 0 radical (unpaired) electrons. The molecule has 1 N–H and O–H groups in total. The number of hydrogen-bond donors (Lipinski definition) is 1. The Morgan fingerprint density at radius 2 is 1.96 bits per heavy atom. The number of ether oxygens (including phenoxy) is 1. The minimum atomic E-state index is -0.653. The van der Waals surface area contributed by atoms with E-state index in [-0.39, 0.29) is 11.3 Å². The molecule has 0 aliphatic heterocycles. The van der Waals surface area contributed by atoms with Gasteiger partial charge in [0.2, 0.25) is 0 Å². The van der Waals surface area contributed by atoms with Crippen molar-refractivity contribution in [3.8, 4) is 0 Å². The maximum absolute atomic E-state index is 11.9. The molecule has 0 fully saturated rings. The Hall–Kier alpha value is -3.16. The Kier molecular flexibility index (Phi) is 4.98.